The SMILES string of the molecule is O=C(CSc1ncnc2c1cnn2-c1ccccc1)Nc1ccc(F)cc1F. The average Bonchev–Trinajstić information content (AvgIpc) is 3.14. The van der Waals surface area contributed by atoms with Gasteiger partial charge in [0.25, 0.3) is 0 Å². The van der Waals surface area contributed by atoms with Gasteiger partial charge in [-0.3, -0.25) is 4.79 Å². The minimum absolute atomic E-state index is 0.000549. The highest BCUT2D eigenvalue weighted by molar-refractivity contribution is 8.00. The van der Waals surface area contributed by atoms with Crippen molar-refractivity contribution in [1.82, 2.24) is 19.7 Å². The van der Waals surface area contributed by atoms with Crippen LogP contribution in [0.1, 0.15) is 0 Å². The third-order valence-corrected chi connectivity index (χ3v) is 4.88. The van der Waals surface area contributed by atoms with Crippen LogP contribution in [0.4, 0.5) is 14.5 Å². The van der Waals surface area contributed by atoms with Gasteiger partial charge < -0.3 is 5.32 Å². The highest BCUT2D eigenvalue weighted by Crippen LogP contribution is 2.26. The Morgan fingerprint density at radius 2 is 1.93 bits per heavy atom. The van der Waals surface area contributed by atoms with Crippen molar-refractivity contribution in [3.05, 3.63) is 72.7 Å². The molecule has 0 aliphatic carbocycles. The number of benzene rings is 2. The second kappa shape index (κ2) is 7.73. The maximum atomic E-state index is 13.7. The Morgan fingerprint density at radius 3 is 2.71 bits per heavy atom. The lowest BCUT2D eigenvalue weighted by atomic mass is 10.3. The lowest BCUT2D eigenvalue weighted by molar-refractivity contribution is -0.113. The fraction of sp³-hybridized carbons (Fsp3) is 0.0526. The van der Waals surface area contributed by atoms with Crippen molar-refractivity contribution in [2.45, 2.75) is 5.03 Å². The standard InChI is InChI=1S/C19H13F2N5OS/c20-12-6-7-16(15(21)8-12)25-17(27)10-28-19-14-9-24-26(18(14)22-11-23-19)13-4-2-1-3-5-13/h1-9,11H,10H2,(H,25,27). The van der Waals surface area contributed by atoms with E-state index in [1.807, 2.05) is 30.3 Å². The van der Waals surface area contributed by atoms with E-state index in [2.05, 4.69) is 20.4 Å². The first kappa shape index (κ1) is 18.1. The molecule has 0 saturated heterocycles. The zero-order chi connectivity index (χ0) is 19.5. The first-order chi connectivity index (χ1) is 13.6. The van der Waals surface area contributed by atoms with E-state index < -0.39 is 17.5 Å². The van der Waals surface area contributed by atoms with Crippen LogP contribution >= 0.6 is 11.8 Å². The second-order valence-electron chi connectivity index (χ2n) is 5.77. The Hall–Kier alpha value is -3.33. The molecule has 2 aromatic heterocycles. The van der Waals surface area contributed by atoms with Crippen LogP contribution in [0.15, 0.2) is 66.1 Å². The number of aromatic nitrogens is 4. The van der Waals surface area contributed by atoms with E-state index in [-0.39, 0.29) is 11.4 Å². The predicted molar refractivity (Wildman–Crippen MR) is 102 cm³/mol. The van der Waals surface area contributed by atoms with Crippen molar-refractivity contribution in [3.63, 3.8) is 0 Å². The Labute approximate surface area is 162 Å². The highest BCUT2D eigenvalue weighted by atomic mass is 32.2. The lowest BCUT2D eigenvalue weighted by Gasteiger charge is -2.07. The smallest absolute Gasteiger partial charge is 0.234 e. The summed E-state index contributed by atoms with van der Waals surface area (Å²) < 4.78 is 28.3. The van der Waals surface area contributed by atoms with Gasteiger partial charge in [-0.05, 0) is 24.3 Å². The molecule has 0 unspecified atom stereocenters. The zero-order valence-electron chi connectivity index (χ0n) is 14.3. The Bertz CT molecular complexity index is 1150. The molecule has 1 N–H and O–H groups in total. The van der Waals surface area contributed by atoms with Crippen LogP contribution in [-0.4, -0.2) is 31.4 Å². The summed E-state index contributed by atoms with van der Waals surface area (Å²) in [5, 5.41) is 8.07. The molecule has 6 nitrogen and oxygen atoms in total. The fourth-order valence-electron chi connectivity index (χ4n) is 2.61. The molecule has 0 aliphatic rings. The number of amides is 1. The molecule has 2 heterocycles. The third-order valence-electron chi connectivity index (χ3n) is 3.88. The zero-order valence-corrected chi connectivity index (χ0v) is 15.2. The van der Waals surface area contributed by atoms with Crippen molar-refractivity contribution >= 4 is 34.4 Å². The molecule has 2 aromatic carbocycles. The largest absolute Gasteiger partial charge is 0.323 e. The minimum atomic E-state index is -0.827. The van der Waals surface area contributed by atoms with Gasteiger partial charge in [-0.2, -0.15) is 5.10 Å². The van der Waals surface area contributed by atoms with Gasteiger partial charge in [0.1, 0.15) is 23.0 Å². The summed E-state index contributed by atoms with van der Waals surface area (Å²) in [5.41, 5.74) is 1.40. The van der Waals surface area contributed by atoms with E-state index >= 15 is 0 Å². The van der Waals surface area contributed by atoms with Gasteiger partial charge in [-0.25, -0.2) is 23.4 Å². The number of carbonyl (C=O) groups is 1. The van der Waals surface area contributed by atoms with Gasteiger partial charge in [-0.15, -0.1) is 0 Å². The second-order valence-corrected chi connectivity index (χ2v) is 6.73. The number of halogens is 2. The fourth-order valence-corrected chi connectivity index (χ4v) is 3.37. The van der Waals surface area contributed by atoms with E-state index in [0.717, 1.165) is 11.8 Å². The highest BCUT2D eigenvalue weighted by Gasteiger charge is 2.14. The van der Waals surface area contributed by atoms with E-state index in [0.29, 0.717) is 22.1 Å². The summed E-state index contributed by atoms with van der Waals surface area (Å²) in [6, 6.07) is 12.5. The van der Waals surface area contributed by atoms with Gasteiger partial charge >= 0.3 is 0 Å². The summed E-state index contributed by atoms with van der Waals surface area (Å²) in [5.74, 6) is -1.97. The van der Waals surface area contributed by atoms with E-state index in [1.54, 1.807) is 10.9 Å². The number of hydrogen-bond acceptors (Lipinski definition) is 5. The van der Waals surface area contributed by atoms with Crippen LogP contribution in [0.5, 0.6) is 0 Å². The number of carbonyl (C=O) groups excluding carboxylic acids is 1. The normalized spacial score (nSPS) is 10.9. The number of rotatable bonds is 5. The van der Waals surface area contributed by atoms with Crippen molar-refractivity contribution in [2.24, 2.45) is 0 Å². The topological polar surface area (TPSA) is 72.7 Å². The van der Waals surface area contributed by atoms with Crippen LogP contribution in [0.3, 0.4) is 0 Å². The molecular weight excluding hydrogens is 384 g/mol. The molecule has 4 aromatic rings. The van der Waals surface area contributed by atoms with Gasteiger partial charge in [0.05, 0.1) is 28.7 Å². The summed E-state index contributed by atoms with van der Waals surface area (Å²) in [7, 11) is 0. The Kier molecular flexibility index (Phi) is 4.98. The number of thioether (sulfide) groups is 1. The number of para-hydroxylation sites is 1. The molecule has 4 rings (SSSR count). The van der Waals surface area contributed by atoms with Crippen LogP contribution < -0.4 is 5.32 Å². The monoisotopic (exact) mass is 397 g/mol. The molecule has 0 fully saturated rings. The van der Waals surface area contributed by atoms with Crippen molar-refractivity contribution in [2.75, 3.05) is 11.1 Å². The van der Waals surface area contributed by atoms with Gasteiger partial charge in [-0.1, -0.05) is 30.0 Å². The minimum Gasteiger partial charge on any atom is -0.323 e. The van der Waals surface area contributed by atoms with Gasteiger partial charge in [0, 0.05) is 6.07 Å². The van der Waals surface area contributed by atoms with Crippen LogP contribution in [0, 0.1) is 11.6 Å². The Balaban J connectivity index is 1.51. The number of hydrogen-bond donors (Lipinski definition) is 1. The van der Waals surface area contributed by atoms with E-state index in [1.165, 1.54) is 24.2 Å². The molecule has 28 heavy (non-hydrogen) atoms. The summed E-state index contributed by atoms with van der Waals surface area (Å²) >= 11 is 1.18. The predicted octanol–water partition coefficient (Wildman–Crippen LogP) is 3.82. The maximum absolute atomic E-state index is 13.7. The summed E-state index contributed by atoms with van der Waals surface area (Å²) in [4.78, 5) is 20.6. The molecule has 1 amide bonds. The summed E-state index contributed by atoms with van der Waals surface area (Å²) in [6.07, 6.45) is 3.05. The van der Waals surface area contributed by atoms with Gasteiger partial charge in [0.2, 0.25) is 5.91 Å². The first-order valence-corrected chi connectivity index (χ1v) is 9.22. The molecule has 0 atom stereocenters. The van der Waals surface area contributed by atoms with Crippen LogP contribution in [0.2, 0.25) is 0 Å². The molecule has 0 saturated carbocycles. The number of anilines is 1. The molecule has 0 spiro atoms. The van der Waals surface area contributed by atoms with Crippen molar-refractivity contribution < 1.29 is 13.6 Å². The van der Waals surface area contributed by atoms with Crippen molar-refractivity contribution in [3.8, 4) is 5.69 Å². The molecule has 9 heteroatoms. The maximum Gasteiger partial charge on any atom is 0.234 e. The quantitative estimate of drug-likeness (QED) is 0.409. The molecule has 0 bridgehead atoms. The Morgan fingerprint density at radius 1 is 1.11 bits per heavy atom. The molecular formula is C19H13F2N5OS. The van der Waals surface area contributed by atoms with Crippen molar-refractivity contribution in [1.29, 1.82) is 0 Å². The molecule has 140 valence electrons. The first-order valence-electron chi connectivity index (χ1n) is 8.23. The number of fused-ring (bicyclic) bond motifs is 1. The number of nitrogens with one attached hydrogen (secondary N) is 1. The van der Waals surface area contributed by atoms with Crippen LogP contribution in [-0.2, 0) is 4.79 Å². The van der Waals surface area contributed by atoms with Gasteiger partial charge in [0.15, 0.2) is 5.65 Å². The number of nitrogens with zero attached hydrogens (tertiary/aromatic N) is 4. The van der Waals surface area contributed by atoms with E-state index in [9.17, 15) is 13.6 Å². The van der Waals surface area contributed by atoms with E-state index in [4.69, 9.17) is 0 Å². The summed E-state index contributed by atoms with van der Waals surface area (Å²) in [6.45, 7) is 0. The average molecular weight is 397 g/mol. The van der Waals surface area contributed by atoms with Crippen LogP contribution in [0.25, 0.3) is 16.7 Å². The molecule has 0 radical (unpaired) electrons. The molecule has 0 aliphatic heterocycles. The third kappa shape index (κ3) is 3.70. The lowest BCUT2D eigenvalue weighted by Crippen LogP contribution is -2.15.